The summed E-state index contributed by atoms with van der Waals surface area (Å²) in [7, 11) is 0. The molecule has 7 heteroatoms. The van der Waals surface area contributed by atoms with E-state index >= 15 is 0 Å². The molecule has 0 fully saturated rings. The minimum absolute atomic E-state index is 0.132. The number of nitrogens with one attached hydrogen (secondary N) is 1. The summed E-state index contributed by atoms with van der Waals surface area (Å²) < 4.78 is 1.84. The molecule has 3 rings (SSSR count). The summed E-state index contributed by atoms with van der Waals surface area (Å²) in [6, 6.07) is 6.06. The standard InChI is InChI=1S/C16H18N4OS2/c1-4-10(2)20-13(7-8-17-20)19-15(21)14-11(3)18-16(23-14)12-6-5-9-22-12/h5-10H,4H2,1-3H3,(H,19,21). The highest BCUT2D eigenvalue weighted by atomic mass is 32.1. The lowest BCUT2D eigenvalue weighted by Crippen LogP contribution is -2.17. The highest BCUT2D eigenvalue weighted by molar-refractivity contribution is 7.22. The zero-order valence-electron chi connectivity index (χ0n) is 13.2. The van der Waals surface area contributed by atoms with Crippen LogP contribution in [0.1, 0.15) is 41.7 Å². The molecule has 3 heterocycles. The minimum Gasteiger partial charge on any atom is -0.306 e. The molecule has 1 atom stereocenters. The molecule has 120 valence electrons. The van der Waals surface area contributed by atoms with Crippen LogP contribution in [0.4, 0.5) is 5.82 Å². The lowest BCUT2D eigenvalue weighted by Gasteiger charge is -2.13. The van der Waals surface area contributed by atoms with Gasteiger partial charge in [0.15, 0.2) is 0 Å². The summed E-state index contributed by atoms with van der Waals surface area (Å²) in [4.78, 5) is 18.9. The molecule has 0 bridgehead atoms. The number of nitrogens with zero attached hydrogens (tertiary/aromatic N) is 3. The van der Waals surface area contributed by atoms with E-state index in [4.69, 9.17) is 0 Å². The second-order valence-electron chi connectivity index (χ2n) is 5.28. The van der Waals surface area contributed by atoms with E-state index in [0.717, 1.165) is 27.8 Å². The Balaban J connectivity index is 1.83. The van der Waals surface area contributed by atoms with E-state index in [-0.39, 0.29) is 11.9 Å². The van der Waals surface area contributed by atoms with Crippen LogP contribution in [-0.2, 0) is 0 Å². The summed E-state index contributed by atoms with van der Waals surface area (Å²) in [5, 5.41) is 10.1. The summed E-state index contributed by atoms with van der Waals surface area (Å²) in [6.07, 6.45) is 2.66. The van der Waals surface area contributed by atoms with Crippen molar-refractivity contribution in [2.75, 3.05) is 5.32 Å². The Hall–Kier alpha value is -1.99. The molecule has 5 nitrogen and oxygen atoms in total. The normalized spacial score (nSPS) is 12.3. The molecule has 0 saturated carbocycles. The quantitative estimate of drug-likeness (QED) is 0.734. The van der Waals surface area contributed by atoms with Crippen molar-refractivity contribution in [3.63, 3.8) is 0 Å². The van der Waals surface area contributed by atoms with Gasteiger partial charge in [-0.05, 0) is 31.7 Å². The smallest absolute Gasteiger partial charge is 0.268 e. The molecule has 0 aliphatic rings. The molecule has 0 aliphatic carbocycles. The Bertz CT molecular complexity index is 804. The number of thiazole rings is 1. The van der Waals surface area contributed by atoms with Crippen LogP contribution >= 0.6 is 22.7 Å². The topological polar surface area (TPSA) is 59.8 Å². The minimum atomic E-state index is -0.132. The highest BCUT2D eigenvalue weighted by Gasteiger charge is 2.19. The fourth-order valence-corrected chi connectivity index (χ4v) is 3.98. The van der Waals surface area contributed by atoms with Crippen molar-refractivity contribution in [1.29, 1.82) is 0 Å². The Labute approximate surface area is 143 Å². The van der Waals surface area contributed by atoms with Gasteiger partial charge in [0.25, 0.3) is 5.91 Å². The van der Waals surface area contributed by atoms with Gasteiger partial charge in [-0.1, -0.05) is 13.0 Å². The first-order chi connectivity index (χ1) is 11.1. The van der Waals surface area contributed by atoms with Gasteiger partial charge in [-0.3, -0.25) is 4.79 Å². The second kappa shape index (κ2) is 6.64. The van der Waals surface area contributed by atoms with Crippen LogP contribution in [0, 0.1) is 6.92 Å². The number of carbonyl (C=O) groups excluding carboxylic acids is 1. The largest absolute Gasteiger partial charge is 0.306 e. The Kier molecular flexibility index (Phi) is 4.58. The van der Waals surface area contributed by atoms with Crippen LogP contribution < -0.4 is 5.32 Å². The molecular weight excluding hydrogens is 328 g/mol. The molecule has 0 aromatic carbocycles. The zero-order chi connectivity index (χ0) is 16.4. The van der Waals surface area contributed by atoms with Gasteiger partial charge < -0.3 is 5.32 Å². The maximum Gasteiger partial charge on any atom is 0.268 e. The molecule has 0 radical (unpaired) electrons. The fraction of sp³-hybridized carbons (Fsp3) is 0.312. The SMILES string of the molecule is CCC(C)n1nccc1NC(=O)c1sc(-c2cccs2)nc1C. The average molecular weight is 346 g/mol. The molecule has 1 unspecified atom stereocenters. The van der Waals surface area contributed by atoms with Crippen molar-refractivity contribution in [3.8, 4) is 9.88 Å². The predicted molar refractivity (Wildman–Crippen MR) is 95.3 cm³/mol. The molecule has 23 heavy (non-hydrogen) atoms. The summed E-state index contributed by atoms with van der Waals surface area (Å²) in [5.74, 6) is 0.586. The Morgan fingerprint density at radius 2 is 2.26 bits per heavy atom. The summed E-state index contributed by atoms with van der Waals surface area (Å²) in [5.41, 5.74) is 0.755. The van der Waals surface area contributed by atoms with Gasteiger partial charge in [0.2, 0.25) is 0 Å². The molecule has 3 aromatic heterocycles. The van der Waals surface area contributed by atoms with Gasteiger partial charge in [0.1, 0.15) is 15.7 Å². The van der Waals surface area contributed by atoms with Gasteiger partial charge in [0, 0.05) is 6.07 Å². The van der Waals surface area contributed by atoms with Crippen LogP contribution in [0.5, 0.6) is 0 Å². The molecule has 0 saturated heterocycles. The van der Waals surface area contributed by atoms with E-state index in [2.05, 4.69) is 29.2 Å². The number of thiophene rings is 1. The van der Waals surface area contributed by atoms with Crippen LogP contribution in [0.15, 0.2) is 29.8 Å². The van der Waals surface area contributed by atoms with E-state index in [1.807, 2.05) is 35.2 Å². The lowest BCUT2D eigenvalue weighted by atomic mass is 10.3. The molecule has 3 aromatic rings. The van der Waals surface area contributed by atoms with Gasteiger partial charge >= 0.3 is 0 Å². The van der Waals surface area contributed by atoms with E-state index in [9.17, 15) is 4.79 Å². The molecule has 0 aliphatic heterocycles. The third-order valence-corrected chi connectivity index (χ3v) is 5.85. The van der Waals surface area contributed by atoms with Crippen molar-refractivity contribution < 1.29 is 4.79 Å². The van der Waals surface area contributed by atoms with Crippen LogP contribution in [0.3, 0.4) is 0 Å². The highest BCUT2D eigenvalue weighted by Crippen LogP contribution is 2.31. The Morgan fingerprint density at radius 3 is 2.96 bits per heavy atom. The monoisotopic (exact) mass is 346 g/mol. The number of carbonyl (C=O) groups is 1. The summed E-state index contributed by atoms with van der Waals surface area (Å²) in [6.45, 7) is 6.04. The summed E-state index contributed by atoms with van der Waals surface area (Å²) >= 11 is 3.05. The van der Waals surface area contributed by atoms with Crippen molar-refractivity contribution in [1.82, 2.24) is 14.8 Å². The number of hydrogen-bond donors (Lipinski definition) is 1. The predicted octanol–water partition coefficient (Wildman–Crippen LogP) is 4.60. The number of amides is 1. The maximum atomic E-state index is 12.6. The van der Waals surface area contributed by atoms with Crippen molar-refractivity contribution in [2.24, 2.45) is 0 Å². The first kappa shape index (κ1) is 15.9. The number of aromatic nitrogens is 3. The molecule has 1 amide bonds. The first-order valence-corrected chi connectivity index (χ1v) is 9.16. The number of hydrogen-bond acceptors (Lipinski definition) is 5. The third-order valence-electron chi connectivity index (χ3n) is 3.66. The van der Waals surface area contributed by atoms with E-state index in [1.165, 1.54) is 11.3 Å². The van der Waals surface area contributed by atoms with E-state index in [0.29, 0.717) is 4.88 Å². The van der Waals surface area contributed by atoms with E-state index < -0.39 is 0 Å². The van der Waals surface area contributed by atoms with Crippen LogP contribution in [0.25, 0.3) is 9.88 Å². The molecular formula is C16H18N4OS2. The number of anilines is 1. The van der Waals surface area contributed by atoms with Crippen molar-refractivity contribution >= 4 is 34.4 Å². The maximum absolute atomic E-state index is 12.6. The number of rotatable bonds is 5. The van der Waals surface area contributed by atoms with Gasteiger partial charge in [0.05, 0.1) is 22.8 Å². The lowest BCUT2D eigenvalue weighted by molar-refractivity contribution is 0.102. The Morgan fingerprint density at radius 1 is 1.43 bits per heavy atom. The number of aryl methyl sites for hydroxylation is 1. The molecule has 0 spiro atoms. The van der Waals surface area contributed by atoms with Gasteiger partial charge in [-0.2, -0.15) is 5.10 Å². The van der Waals surface area contributed by atoms with E-state index in [1.54, 1.807) is 17.5 Å². The first-order valence-electron chi connectivity index (χ1n) is 7.46. The third kappa shape index (κ3) is 3.20. The molecule has 1 N–H and O–H groups in total. The van der Waals surface area contributed by atoms with Gasteiger partial charge in [-0.15, -0.1) is 22.7 Å². The fourth-order valence-electron chi connectivity index (χ4n) is 2.22. The van der Waals surface area contributed by atoms with Crippen LogP contribution in [-0.4, -0.2) is 20.7 Å². The zero-order valence-corrected chi connectivity index (χ0v) is 14.9. The second-order valence-corrected chi connectivity index (χ2v) is 7.23. The van der Waals surface area contributed by atoms with Crippen LogP contribution in [0.2, 0.25) is 0 Å². The van der Waals surface area contributed by atoms with Crippen molar-refractivity contribution in [2.45, 2.75) is 33.2 Å². The van der Waals surface area contributed by atoms with Crippen molar-refractivity contribution in [3.05, 3.63) is 40.3 Å². The van der Waals surface area contributed by atoms with Gasteiger partial charge in [-0.25, -0.2) is 9.67 Å². The average Bonchev–Trinajstić information content (AvgIpc) is 3.25.